The molecule has 0 spiro atoms. The number of hydrogen-bond acceptors (Lipinski definition) is 3. The van der Waals surface area contributed by atoms with Crippen molar-refractivity contribution in [2.45, 2.75) is 58.3 Å². The van der Waals surface area contributed by atoms with Gasteiger partial charge in [0.2, 0.25) is 0 Å². The van der Waals surface area contributed by atoms with E-state index in [1.165, 1.54) is 25.7 Å². The Morgan fingerprint density at radius 3 is 2.50 bits per heavy atom. The Balaban J connectivity index is 1.94. The number of esters is 1. The first-order chi connectivity index (χ1) is 7.72. The first kappa shape index (κ1) is 13.9. The van der Waals surface area contributed by atoms with E-state index < -0.39 is 0 Å². The standard InChI is InChI=1S/C13H24O2S/c1-2-3-4-5-6-9-15-12(14)10-13(11-16)7-8-13/h16H,2-11H2,1H3. The number of rotatable bonds is 9. The fourth-order valence-electron chi connectivity index (χ4n) is 1.82. The van der Waals surface area contributed by atoms with Crippen LogP contribution in [0, 0.1) is 5.41 Å². The second-order valence-electron chi connectivity index (χ2n) is 4.97. The van der Waals surface area contributed by atoms with E-state index in [0.717, 1.165) is 25.0 Å². The lowest BCUT2D eigenvalue weighted by atomic mass is 10.1. The molecule has 1 fully saturated rings. The normalized spacial score (nSPS) is 17.1. The largest absolute Gasteiger partial charge is 0.466 e. The molecule has 0 N–H and O–H groups in total. The Hall–Kier alpha value is -0.180. The molecule has 0 bridgehead atoms. The summed E-state index contributed by atoms with van der Waals surface area (Å²) in [6, 6.07) is 0. The van der Waals surface area contributed by atoms with Gasteiger partial charge in [0.25, 0.3) is 0 Å². The summed E-state index contributed by atoms with van der Waals surface area (Å²) in [6.45, 7) is 2.80. The highest BCUT2D eigenvalue weighted by molar-refractivity contribution is 7.80. The summed E-state index contributed by atoms with van der Waals surface area (Å²) in [5.74, 6) is 0.792. The second-order valence-corrected chi connectivity index (χ2v) is 5.29. The van der Waals surface area contributed by atoms with Gasteiger partial charge in [-0.3, -0.25) is 4.79 Å². The van der Waals surface area contributed by atoms with Gasteiger partial charge in [-0.2, -0.15) is 12.6 Å². The van der Waals surface area contributed by atoms with E-state index in [1.807, 2.05) is 0 Å². The molecule has 0 aromatic heterocycles. The predicted octanol–water partition coefficient (Wildman–Crippen LogP) is 3.60. The fraction of sp³-hybridized carbons (Fsp3) is 0.923. The molecule has 0 unspecified atom stereocenters. The predicted molar refractivity (Wildman–Crippen MR) is 69.9 cm³/mol. The zero-order valence-electron chi connectivity index (χ0n) is 10.3. The van der Waals surface area contributed by atoms with Crippen molar-refractivity contribution in [3.8, 4) is 0 Å². The van der Waals surface area contributed by atoms with Gasteiger partial charge in [0, 0.05) is 0 Å². The SMILES string of the molecule is CCCCCCCOC(=O)CC1(CS)CC1. The van der Waals surface area contributed by atoms with Crippen LogP contribution in [-0.2, 0) is 9.53 Å². The molecule has 0 atom stereocenters. The van der Waals surface area contributed by atoms with Gasteiger partial charge in [-0.25, -0.2) is 0 Å². The molecule has 94 valence electrons. The van der Waals surface area contributed by atoms with Crippen molar-refractivity contribution in [3.63, 3.8) is 0 Å². The highest BCUT2D eigenvalue weighted by Crippen LogP contribution is 2.49. The van der Waals surface area contributed by atoms with Crippen LogP contribution in [0.1, 0.15) is 58.3 Å². The Morgan fingerprint density at radius 2 is 1.94 bits per heavy atom. The molecular formula is C13H24O2S. The van der Waals surface area contributed by atoms with Crippen molar-refractivity contribution in [1.82, 2.24) is 0 Å². The van der Waals surface area contributed by atoms with E-state index in [-0.39, 0.29) is 11.4 Å². The number of thiol groups is 1. The van der Waals surface area contributed by atoms with Crippen molar-refractivity contribution in [2.75, 3.05) is 12.4 Å². The van der Waals surface area contributed by atoms with Crippen molar-refractivity contribution < 1.29 is 9.53 Å². The van der Waals surface area contributed by atoms with E-state index >= 15 is 0 Å². The van der Waals surface area contributed by atoms with Crippen LogP contribution in [0.2, 0.25) is 0 Å². The van der Waals surface area contributed by atoms with Crippen LogP contribution < -0.4 is 0 Å². The molecular weight excluding hydrogens is 220 g/mol. The number of carbonyl (C=O) groups is 1. The Bertz CT molecular complexity index is 212. The van der Waals surface area contributed by atoms with E-state index in [1.54, 1.807) is 0 Å². The molecule has 0 saturated heterocycles. The van der Waals surface area contributed by atoms with E-state index in [0.29, 0.717) is 13.0 Å². The van der Waals surface area contributed by atoms with Gasteiger partial charge >= 0.3 is 5.97 Å². The molecule has 1 saturated carbocycles. The van der Waals surface area contributed by atoms with Gasteiger partial charge in [0.1, 0.15) is 0 Å². The number of ether oxygens (including phenoxy) is 1. The third kappa shape index (κ3) is 5.24. The van der Waals surface area contributed by atoms with E-state index in [2.05, 4.69) is 19.6 Å². The van der Waals surface area contributed by atoms with E-state index in [9.17, 15) is 4.79 Å². The van der Waals surface area contributed by atoms with Crippen LogP contribution in [0.5, 0.6) is 0 Å². The summed E-state index contributed by atoms with van der Waals surface area (Å²) in [7, 11) is 0. The van der Waals surface area contributed by atoms with Gasteiger partial charge in [0.15, 0.2) is 0 Å². The maximum atomic E-state index is 11.5. The number of carbonyl (C=O) groups excluding carboxylic acids is 1. The van der Waals surface area contributed by atoms with Crippen LogP contribution in [0.3, 0.4) is 0 Å². The molecule has 1 rings (SSSR count). The van der Waals surface area contributed by atoms with Crippen LogP contribution in [0.25, 0.3) is 0 Å². The van der Waals surface area contributed by atoms with Crippen molar-refractivity contribution >= 4 is 18.6 Å². The minimum Gasteiger partial charge on any atom is -0.466 e. The molecule has 0 heterocycles. The second kappa shape index (κ2) is 7.21. The van der Waals surface area contributed by atoms with E-state index in [4.69, 9.17) is 4.74 Å². The molecule has 3 heteroatoms. The van der Waals surface area contributed by atoms with Gasteiger partial charge in [-0.15, -0.1) is 0 Å². The molecule has 0 amide bonds. The number of unbranched alkanes of at least 4 members (excludes halogenated alkanes) is 4. The summed E-state index contributed by atoms with van der Waals surface area (Å²) in [5.41, 5.74) is 0.197. The van der Waals surface area contributed by atoms with Crippen LogP contribution in [-0.4, -0.2) is 18.3 Å². The molecule has 16 heavy (non-hydrogen) atoms. The van der Waals surface area contributed by atoms with Crippen LogP contribution >= 0.6 is 12.6 Å². The summed E-state index contributed by atoms with van der Waals surface area (Å²) in [4.78, 5) is 11.5. The lowest BCUT2D eigenvalue weighted by Crippen LogP contribution is -2.14. The fourth-order valence-corrected chi connectivity index (χ4v) is 2.24. The maximum Gasteiger partial charge on any atom is 0.306 e. The van der Waals surface area contributed by atoms with Crippen LogP contribution in [0.15, 0.2) is 0 Å². The van der Waals surface area contributed by atoms with Crippen molar-refractivity contribution in [1.29, 1.82) is 0 Å². The highest BCUT2D eigenvalue weighted by atomic mass is 32.1. The average Bonchev–Trinajstić information content (AvgIpc) is 3.04. The smallest absolute Gasteiger partial charge is 0.306 e. The highest BCUT2D eigenvalue weighted by Gasteiger charge is 2.43. The maximum absolute atomic E-state index is 11.5. The molecule has 0 aliphatic heterocycles. The Labute approximate surface area is 105 Å². The minimum absolute atomic E-state index is 0.0259. The molecule has 0 aromatic carbocycles. The monoisotopic (exact) mass is 244 g/mol. The summed E-state index contributed by atoms with van der Waals surface area (Å²) in [5, 5.41) is 0. The first-order valence-corrected chi connectivity index (χ1v) is 7.12. The summed E-state index contributed by atoms with van der Waals surface area (Å²) in [6.07, 6.45) is 8.85. The zero-order valence-corrected chi connectivity index (χ0v) is 11.2. The Morgan fingerprint density at radius 1 is 1.25 bits per heavy atom. The van der Waals surface area contributed by atoms with Crippen molar-refractivity contribution in [3.05, 3.63) is 0 Å². The van der Waals surface area contributed by atoms with Gasteiger partial charge in [0.05, 0.1) is 13.0 Å². The van der Waals surface area contributed by atoms with Gasteiger partial charge in [-0.05, 0) is 30.4 Å². The van der Waals surface area contributed by atoms with Gasteiger partial charge < -0.3 is 4.74 Å². The van der Waals surface area contributed by atoms with Crippen LogP contribution in [0.4, 0.5) is 0 Å². The number of hydrogen-bond donors (Lipinski definition) is 1. The molecule has 1 aliphatic carbocycles. The molecule has 0 radical (unpaired) electrons. The Kier molecular flexibility index (Phi) is 6.25. The molecule has 2 nitrogen and oxygen atoms in total. The van der Waals surface area contributed by atoms with Crippen molar-refractivity contribution in [2.24, 2.45) is 5.41 Å². The average molecular weight is 244 g/mol. The minimum atomic E-state index is -0.0259. The lowest BCUT2D eigenvalue weighted by Gasteiger charge is -2.10. The zero-order chi connectivity index (χ0) is 11.9. The lowest BCUT2D eigenvalue weighted by molar-refractivity contribution is -0.145. The summed E-state index contributed by atoms with van der Waals surface area (Å²) < 4.78 is 5.23. The third-order valence-electron chi connectivity index (χ3n) is 3.32. The third-order valence-corrected chi connectivity index (χ3v) is 3.99. The first-order valence-electron chi connectivity index (χ1n) is 6.49. The quantitative estimate of drug-likeness (QED) is 0.381. The van der Waals surface area contributed by atoms with Gasteiger partial charge in [-0.1, -0.05) is 32.6 Å². The topological polar surface area (TPSA) is 26.3 Å². The summed E-state index contributed by atoms with van der Waals surface area (Å²) >= 11 is 4.28. The molecule has 1 aliphatic rings. The molecule has 0 aromatic rings.